The van der Waals surface area contributed by atoms with Gasteiger partial charge in [-0.05, 0) is 30.4 Å². The number of amides is 1. The molecule has 146 valence electrons. The Morgan fingerprint density at radius 1 is 1.30 bits per heavy atom. The van der Waals surface area contributed by atoms with Crippen molar-refractivity contribution < 1.29 is 18.0 Å². The Balaban J connectivity index is 1.80. The summed E-state index contributed by atoms with van der Waals surface area (Å²) in [5, 5.41) is 0. The van der Waals surface area contributed by atoms with Gasteiger partial charge in [-0.3, -0.25) is 4.79 Å². The molecule has 1 aliphatic carbocycles. The molecule has 0 radical (unpaired) electrons. The van der Waals surface area contributed by atoms with Crippen molar-refractivity contribution in [3.8, 4) is 0 Å². The highest BCUT2D eigenvalue weighted by molar-refractivity contribution is 5.78. The average molecular weight is 379 g/mol. The maximum absolute atomic E-state index is 13.3. The lowest BCUT2D eigenvalue weighted by molar-refractivity contribution is -0.138. The summed E-state index contributed by atoms with van der Waals surface area (Å²) in [6, 6.07) is 5.56. The standard InChI is InChI=1S/C20H24F3N3O/c1-14(2)19(27)26(11-15-7-8-15)13-18-24-9-10-25(18)12-16-5-3-4-6-17(16)20(21,22)23/h3-6,9-10,14-15H,7-8,11-13H2,1-2H3. The van der Waals surface area contributed by atoms with E-state index in [9.17, 15) is 18.0 Å². The van der Waals surface area contributed by atoms with Crippen molar-refractivity contribution in [1.29, 1.82) is 0 Å². The summed E-state index contributed by atoms with van der Waals surface area (Å²) < 4.78 is 41.5. The molecule has 0 N–H and O–H groups in total. The summed E-state index contributed by atoms with van der Waals surface area (Å²) >= 11 is 0. The van der Waals surface area contributed by atoms with Gasteiger partial charge in [-0.2, -0.15) is 13.2 Å². The molecule has 4 nitrogen and oxygen atoms in total. The van der Waals surface area contributed by atoms with Crippen molar-refractivity contribution in [2.24, 2.45) is 11.8 Å². The molecule has 7 heteroatoms. The van der Waals surface area contributed by atoms with E-state index in [-0.39, 0.29) is 23.9 Å². The molecule has 2 aromatic rings. The normalized spacial score (nSPS) is 14.6. The predicted molar refractivity (Wildman–Crippen MR) is 95.8 cm³/mol. The Morgan fingerprint density at radius 3 is 2.63 bits per heavy atom. The molecule has 0 bridgehead atoms. The first-order valence-electron chi connectivity index (χ1n) is 9.19. The van der Waals surface area contributed by atoms with E-state index < -0.39 is 11.7 Å². The maximum atomic E-state index is 13.3. The number of aromatic nitrogens is 2. The van der Waals surface area contributed by atoms with E-state index in [0.29, 0.717) is 24.8 Å². The van der Waals surface area contributed by atoms with Gasteiger partial charge in [0.2, 0.25) is 5.91 Å². The van der Waals surface area contributed by atoms with E-state index in [4.69, 9.17) is 0 Å². The third kappa shape index (κ3) is 4.90. The molecule has 1 fully saturated rings. The molecular formula is C20H24F3N3O. The zero-order chi connectivity index (χ0) is 19.6. The number of carbonyl (C=O) groups is 1. The second-order valence-corrected chi connectivity index (χ2v) is 7.44. The fraction of sp³-hybridized carbons (Fsp3) is 0.500. The minimum atomic E-state index is -4.40. The third-order valence-electron chi connectivity index (χ3n) is 4.78. The number of nitrogens with zero attached hydrogens (tertiary/aromatic N) is 3. The van der Waals surface area contributed by atoms with Gasteiger partial charge in [0, 0.05) is 31.4 Å². The van der Waals surface area contributed by atoms with E-state index in [1.54, 1.807) is 27.9 Å². The van der Waals surface area contributed by atoms with Gasteiger partial charge in [-0.25, -0.2) is 4.98 Å². The van der Waals surface area contributed by atoms with Gasteiger partial charge in [0.15, 0.2) is 0 Å². The van der Waals surface area contributed by atoms with Gasteiger partial charge in [-0.15, -0.1) is 0 Å². The van der Waals surface area contributed by atoms with Gasteiger partial charge >= 0.3 is 6.18 Å². The fourth-order valence-corrected chi connectivity index (χ4v) is 3.13. The second-order valence-electron chi connectivity index (χ2n) is 7.44. The first-order valence-corrected chi connectivity index (χ1v) is 9.19. The molecule has 0 aliphatic heterocycles. The summed E-state index contributed by atoms with van der Waals surface area (Å²) in [7, 11) is 0. The Kier molecular flexibility index (Phi) is 5.58. The van der Waals surface area contributed by atoms with E-state index in [1.165, 1.54) is 12.1 Å². The van der Waals surface area contributed by atoms with Crippen LogP contribution in [-0.4, -0.2) is 26.9 Å². The molecule has 0 saturated heterocycles. The topological polar surface area (TPSA) is 38.1 Å². The summed E-state index contributed by atoms with van der Waals surface area (Å²) in [5.41, 5.74) is -0.453. The summed E-state index contributed by atoms with van der Waals surface area (Å²) in [4.78, 5) is 18.6. The number of alkyl halides is 3. The molecule has 1 heterocycles. The van der Waals surface area contributed by atoms with Crippen LogP contribution in [0.4, 0.5) is 13.2 Å². The lowest BCUT2D eigenvalue weighted by atomic mass is 10.1. The second kappa shape index (κ2) is 7.74. The van der Waals surface area contributed by atoms with Crippen molar-refractivity contribution in [3.63, 3.8) is 0 Å². The quantitative estimate of drug-likeness (QED) is 0.718. The Labute approximate surface area is 157 Å². The lowest BCUT2D eigenvalue weighted by Gasteiger charge is -2.25. The molecule has 1 aromatic heterocycles. The number of halogens is 3. The molecule has 3 rings (SSSR count). The zero-order valence-corrected chi connectivity index (χ0v) is 15.5. The van der Waals surface area contributed by atoms with Gasteiger partial charge in [0.25, 0.3) is 0 Å². The highest BCUT2D eigenvalue weighted by Gasteiger charge is 2.33. The summed E-state index contributed by atoms with van der Waals surface area (Å²) in [5.74, 6) is 1.05. The summed E-state index contributed by atoms with van der Waals surface area (Å²) in [6.07, 6.45) is 1.08. The number of hydrogen-bond donors (Lipinski definition) is 0. The Morgan fingerprint density at radius 2 is 2.00 bits per heavy atom. The first-order chi connectivity index (χ1) is 12.8. The van der Waals surface area contributed by atoms with Crippen molar-refractivity contribution in [3.05, 3.63) is 53.6 Å². The van der Waals surface area contributed by atoms with Crippen LogP contribution in [0.3, 0.4) is 0 Å². The van der Waals surface area contributed by atoms with Gasteiger partial charge in [0.1, 0.15) is 5.82 Å². The smallest absolute Gasteiger partial charge is 0.335 e. The van der Waals surface area contributed by atoms with E-state index in [2.05, 4.69) is 4.98 Å². The molecule has 0 spiro atoms. The number of carbonyl (C=O) groups excluding carboxylic acids is 1. The van der Waals surface area contributed by atoms with E-state index in [1.807, 2.05) is 13.8 Å². The van der Waals surface area contributed by atoms with Crippen LogP contribution in [0.5, 0.6) is 0 Å². The lowest BCUT2D eigenvalue weighted by Crippen LogP contribution is -2.36. The molecule has 0 atom stereocenters. The molecule has 1 aromatic carbocycles. The van der Waals surface area contributed by atoms with Crippen molar-refractivity contribution >= 4 is 5.91 Å². The molecule has 1 amide bonds. The van der Waals surface area contributed by atoms with Crippen LogP contribution in [0.2, 0.25) is 0 Å². The van der Waals surface area contributed by atoms with Crippen LogP contribution in [0.25, 0.3) is 0 Å². The number of benzene rings is 1. The zero-order valence-electron chi connectivity index (χ0n) is 15.5. The minimum Gasteiger partial charge on any atom is -0.335 e. The van der Waals surface area contributed by atoms with E-state index >= 15 is 0 Å². The largest absolute Gasteiger partial charge is 0.416 e. The molecule has 27 heavy (non-hydrogen) atoms. The maximum Gasteiger partial charge on any atom is 0.416 e. The molecule has 1 aliphatic rings. The van der Waals surface area contributed by atoms with Crippen LogP contribution < -0.4 is 0 Å². The number of imidazole rings is 1. The fourth-order valence-electron chi connectivity index (χ4n) is 3.13. The minimum absolute atomic E-state index is 0.0483. The van der Waals surface area contributed by atoms with Gasteiger partial charge in [0.05, 0.1) is 12.1 Å². The van der Waals surface area contributed by atoms with Crippen molar-refractivity contribution in [2.45, 2.75) is 46.0 Å². The highest BCUT2D eigenvalue weighted by atomic mass is 19.4. The van der Waals surface area contributed by atoms with Gasteiger partial charge in [-0.1, -0.05) is 32.0 Å². The third-order valence-corrected chi connectivity index (χ3v) is 4.78. The van der Waals surface area contributed by atoms with Crippen molar-refractivity contribution in [1.82, 2.24) is 14.5 Å². The van der Waals surface area contributed by atoms with Crippen molar-refractivity contribution in [2.75, 3.05) is 6.54 Å². The molecule has 0 unspecified atom stereocenters. The van der Waals surface area contributed by atoms with Gasteiger partial charge < -0.3 is 9.47 Å². The van der Waals surface area contributed by atoms with Crippen LogP contribution in [0.15, 0.2) is 36.7 Å². The number of rotatable bonds is 7. The Bertz CT molecular complexity index is 794. The highest BCUT2D eigenvalue weighted by Crippen LogP contribution is 2.33. The predicted octanol–water partition coefficient (Wildman–Crippen LogP) is 4.34. The monoisotopic (exact) mass is 379 g/mol. The average Bonchev–Trinajstić information content (AvgIpc) is 3.32. The van der Waals surface area contributed by atoms with Crippen LogP contribution >= 0.6 is 0 Å². The Hall–Kier alpha value is -2.31. The summed E-state index contributed by atoms with van der Waals surface area (Å²) in [6.45, 7) is 4.78. The van der Waals surface area contributed by atoms with Crippen LogP contribution in [-0.2, 0) is 24.1 Å². The first kappa shape index (κ1) is 19.5. The molecular weight excluding hydrogens is 355 g/mol. The van der Waals surface area contributed by atoms with E-state index in [0.717, 1.165) is 18.9 Å². The molecule has 1 saturated carbocycles. The van der Waals surface area contributed by atoms with Crippen LogP contribution in [0.1, 0.15) is 43.6 Å². The SMILES string of the molecule is CC(C)C(=O)N(Cc1nccn1Cc1ccccc1C(F)(F)F)CC1CC1. The number of hydrogen-bond acceptors (Lipinski definition) is 2. The van der Waals surface area contributed by atoms with Crippen LogP contribution in [0, 0.1) is 11.8 Å².